The van der Waals surface area contributed by atoms with Crippen LogP contribution >= 0.6 is 34.8 Å². The first-order valence-electron chi connectivity index (χ1n) is 8.37. The second kappa shape index (κ2) is 8.55. The minimum absolute atomic E-state index is 0.0391. The fourth-order valence-electron chi connectivity index (χ4n) is 2.77. The Labute approximate surface area is 187 Å². The van der Waals surface area contributed by atoms with E-state index in [1.807, 2.05) is 0 Å². The van der Waals surface area contributed by atoms with Crippen LogP contribution in [-0.4, -0.2) is 30.5 Å². The maximum Gasteiger partial charge on any atom is 0.258 e. The summed E-state index contributed by atoms with van der Waals surface area (Å²) in [5.41, 5.74) is -1.08. The van der Waals surface area contributed by atoms with Gasteiger partial charge in [-0.15, -0.1) is 0 Å². The average molecular weight is 492 g/mol. The first-order chi connectivity index (χ1) is 14.1. The molecule has 1 aromatic heterocycles. The zero-order chi connectivity index (χ0) is 22.1. The van der Waals surface area contributed by atoms with Crippen molar-refractivity contribution < 1.29 is 22.3 Å². The molecular formula is C19H14Cl3FN2O4S. The molecule has 2 aromatic rings. The zero-order valence-corrected chi connectivity index (χ0v) is 18.4. The summed E-state index contributed by atoms with van der Waals surface area (Å²) in [6.45, 7) is 0. The Morgan fingerprint density at radius 1 is 1.33 bits per heavy atom. The number of benzene rings is 1. The van der Waals surface area contributed by atoms with E-state index >= 15 is 0 Å². The van der Waals surface area contributed by atoms with Gasteiger partial charge in [0, 0.05) is 12.6 Å². The number of methoxy groups -OCH3 is 1. The highest BCUT2D eigenvalue weighted by atomic mass is 35.5. The van der Waals surface area contributed by atoms with Gasteiger partial charge in [0.1, 0.15) is 22.8 Å². The predicted molar refractivity (Wildman–Crippen MR) is 114 cm³/mol. The Balaban J connectivity index is 2.09. The smallest absolute Gasteiger partial charge is 0.258 e. The Morgan fingerprint density at radius 3 is 2.73 bits per heavy atom. The number of sulfonamides is 1. The van der Waals surface area contributed by atoms with Gasteiger partial charge in [-0.2, -0.15) is 0 Å². The highest BCUT2D eigenvalue weighted by molar-refractivity contribution is 7.95. The van der Waals surface area contributed by atoms with Crippen LogP contribution in [-0.2, 0) is 10.0 Å². The maximum atomic E-state index is 14.4. The number of nitrogens with one attached hydrogen (secondary N) is 1. The van der Waals surface area contributed by atoms with Crippen LogP contribution in [0, 0.1) is 5.82 Å². The van der Waals surface area contributed by atoms with Gasteiger partial charge in [-0.25, -0.2) is 17.8 Å². The lowest BCUT2D eigenvalue weighted by atomic mass is 10.0. The van der Waals surface area contributed by atoms with Crippen molar-refractivity contribution in [1.82, 2.24) is 4.98 Å². The fraction of sp³-hybridized carbons (Fsp3) is 0.158. The van der Waals surface area contributed by atoms with Gasteiger partial charge in [0.15, 0.2) is 0 Å². The molecule has 3 rings (SSSR count). The van der Waals surface area contributed by atoms with Crippen LogP contribution < -0.4 is 9.46 Å². The summed E-state index contributed by atoms with van der Waals surface area (Å²) in [4.78, 5) is 17.0. The van der Waals surface area contributed by atoms with Gasteiger partial charge in [-0.3, -0.25) is 9.52 Å². The summed E-state index contributed by atoms with van der Waals surface area (Å²) in [6, 6.07) is 5.00. The molecule has 0 saturated heterocycles. The molecule has 1 unspecified atom stereocenters. The van der Waals surface area contributed by atoms with E-state index in [0.717, 1.165) is 12.3 Å². The first kappa shape index (κ1) is 22.6. The summed E-state index contributed by atoms with van der Waals surface area (Å²) < 4.78 is 45.7. The van der Waals surface area contributed by atoms with Crippen molar-refractivity contribution in [1.29, 1.82) is 0 Å². The zero-order valence-electron chi connectivity index (χ0n) is 15.3. The van der Waals surface area contributed by atoms with E-state index in [2.05, 4.69) is 9.71 Å². The molecule has 1 N–H and O–H groups in total. The standard InChI is InChI=1S/C19H14Cl3FN2O4S/c1-29-14-6-4-5-12(23)16(14)18(26)17-13(9-11(20)10-24-17)25-30(27,28)19(22)8-3-2-7-15(19)21/h2-7,9-10,25H,8H2,1H3. The van der Waals surface area contributed by atoms with Crippen LogP contribution in [0.4, 0.5) is 10.1 Å². The van der Waals surface area contributed by atoms with Crippen LogP contribution in [0.5, 0.6) is 5.75 Å². The lowest BCUT2D eigenvalue weighted by Crippen LogP contribution is -2.38. The average Bonchev–Trinajstić information content (AvgIpc) is 2.69. The SMILES string of the molecule is COc1cccc(F)c1C(=O)c1ncc(Cl)cc1NS(=O)(=O)C1(Cl)CC=CC=C1Cl. The quantitative estimate of drug-likeness (QED) is 0.460. The van der Waals surface area contributed by atoms with Gasteiger partial charge in [0.05, 0.1) is 22.9 Å². The van der Waals surface area contributed by atoms with E-state index in [9.17, 15) is 17.6 Å². The number of ether oxygens (including phenoxy) is 1. The van der Waals surface area contributed by atoms with Crippen molar-refractivity contribution in [3.8, 4) is 5.75 Å². The molecular weight excluding hydrogens is 478 g/mol. The molecule has 0 aliphatic heterocycles. The molecule has 1 aliphatic carbocycles. The molecule has 11 heteroatoms. The number of ketones is 1. The third-order valence-corrected chi connectivity index (χ3v) is 7.84. The molecule has 1 heterocycles. The summed E-state index contributed by atoms with van der Waals surface area (Å²) in [7, 11) is -3.11. The van der Waals surface area contributed by atoms with Crippen LogP contribution in [0.3, 0.4) is 0 Å². The summed E-state index contributed by atoms with van der Waals surface area (Å²) >= 11 is 18.3. The van der Waals surface area contributed by atoms with Gasteiger partial charge >= 0.3 is 0 Å². The van der Waals surface area contributed by atoms with E-state index < -0.39 is 37.1 Å². The molecule has 6 nitrogen and oxygen atoms in total. The molecule has 0 amide bonds. The molecule has 30 heavy (non-hydrogen) atoms. The molecule has 0 saturated carbocycles. The number of halogens is 4. The van der Waals surface area contributed by atoms with Gasteiger partial charge in [-0.05, 0) is 24.3 Å². The van der Waals surface area contributed by atoms with Gasteiger partial charge in [0.2, 0.25) is 9.99 Å². The number of anilines is 1. The maximum absolute atomic E-state index is 14.4. The second-order valence-corrected chi connectivity index (χ2v) is 9.80. The molecule has 0 radical (unpaired) electrons. The lowest BCUT2D eigenvalue weighted by molar-refractivity contribution is 0.102. The number of nitrogens with zero attached hydrogens (tertiary/aromatic N) is 1. The van der Waals surface area contributed by atoms with Crippen LogP contribution in [0.2, 0.25) is 5.02 Å². The number of rotatable bonds is 6. The highest BCUT2D eigenvalue weighted by Crippen LogP contribution is 2.41. The number of aromatic nitrogens is 1. The molecule has 1 aliphatic rings. The van der Waals surface area contributed by atoms with E-state index in [1.165, 1.54) is 37.5 Å². The van der Waals surface area contributed by atoms with E-state index in [-0.39, 0.29) is 27.9 Å². The van der Waals surface area contributed by atoms with Crippen molar-refractivity contribution in [3.63, 3.8) is 0 Å². The number of carbonyl (C=O) groups is 1. The Hall–Kier alpha value is -2.13. The van der Waals surface area contributed by atoms with E-state index in [0.29, 0.717) is 0 Å². The van der Waals surface area contributed by atoms with Crippen LogP contribution in [0.15, 0.2) is 53.7 Å². The third kappa shape index (κ3) is 4.05. The molecule has 0 bridgehead atoms. The topological polar surface area (TPSA) is 85.4 Å². The van der Waals surface area contributed by atoms with E-state index in [1.54, 1.807) is 6.08 Å². The molecule has 1 atom stereocenters. The van der Waals surface area contributed by atoms with E-state index in [4.69, 9.17) is 39.5 Å². The molecule has 1 aromatic carbocycles. The summed E-state index contributed by atoms with van der Waals surface area (Å²) in [6.07, 6.45) is 5.47. The van der Waals surface area contributed by atoms with Crippen molar-refractivity contribution >= 4 is 56.3 Å². The second-order valence-electron chi connectivity index (χ2n) is 6.18. The number of carbonyl (C=O) groups excluding carboxylic acids is 1. The number of hydrogen-bond acceptors (Lipinski definition) is 5. The number of hydrogen-bond donors (Lipinski definition) is 1. The summed E-state index contributed by atoms with van der Waals surface area (Å²) in [5.74, 6) is -1.81. The molecule has 0 fully saturated rings. The Bertz CT molecular complexity index is 1180. The first-order valence-corrected chi connectivity index (χ1v) is 11.0. The molecule has 158 valence electrons. The van der Waals surface area contributed by atoms with Gasteiger partial charge in [0.25, 0.3) is 10.0 Å². The third-order valence-electron chi connectivity index (χ3n) is 4.28. The van der Waals surface area contributed by atoms with Crippen LogP contribution in [0.25, 0.3) is 0 Å². The predicted octanol–water partition coefficient (Wildman–Crippen LogP) is 4.87. The highest BCUT2D eigenvalue weighted by Gasteiger charge is 2.45. The monoisotopic (exact) mass is 490 g/mol. The molecule has 0 spiro atoms. The van der Waals surface area contributed by atoms with Gasteiger partial charge < -0.3 is 4.74 Å². The van der Waals surface area contributed by atoms with Crippen LogP contribution in [0.1, 0.15) is 22.5 Å². The Morgan fingerprint density at radius 2 is 2.07 bits per heavy atom. The Kier molecular flexibility index (Phi) is 6.43. The minimum atomic E-state index is -4.38. The number of pyridine rings is 1. The van der Waals surface area contributed by atoms with Gasteiger partial charge in [-0.1, -0.05) is 53.0 Å². The van der Waals surface area contributed by atoms with Crippen molar-refractivity contribution in [3.05, 3.63) is 75.8 Å². The minimum Gasteiger partial charge on any atom is -0.496 e. The largest absolute Gasteiger partial charge is 0.496 e. The fourth-order valence-corrected chi connectivity index (χ4v) is 4.90. The normalized spacial score (nSPS) is 18.6. The summed E-state index contributed by atoms with van der Waals surface area (Å²) in [5, 5.41) is -0.0867. The van der Waals surface area contributed by atoms with Crippen molar-refractivity contribution in [2.75, 3.05) is 11.8 Å². The lowest BCUT2D eigenvalue weighted by Gasteiger charge is -2.28. The number of alkyl halides is 1. The number of allylic oxidation sites excluding steroid dienone is 3. The van der Waals surface area contributed by atoms with Crippen molar-refractivity contribution in [2.45, 2.75) is 10.6 Å². The van der Waals surface area contributed by atoms with Crippen molar-refractivity contribution in [2.24, 2.45) is 0 Å².